The van der Waals surface area contributed by atoms with E-state index < -0.39 is 0 Å². The fraction of sp³-hybridized carbons (Fsp3) is 0.100. The SMILES string of the molecule is Cc1ccccc1NC(=O)Cn1cncc(-c2nc(-c3cccs3)cs2)c1=O. The van der Waals surface area contributed by atoms with Gasteiger partial charge in [0.2, 0.25) is 5.91 Å². The molecule has 0 saturated heterocycles. The van der Waals surface area contributed by atoms with Crippen LogP contribution >= 0.6 is 22.7 Å². The molecule has 0 radical (unpaired) electrons. The van der Waals surface area contributed by atoms with Crippen molar-refractivity contribution in [3.05, 3.63) is 75.6 Å². The van der Waals surface area contributed by atoms with Crippen molar-refractivity contribution < 1.29 is 4.79 Å². The van der Waals surface area contributed by atoms with Crippen LogP contribution in [0.2, 0.25) is 0 Å². The summed E-state index contributed by atoms with van der Waals surface area (Å²) in [5, 5.41) is 7.33. The van der Waals surface area contributed by atoms with Gasteiger partial charge in [-0.3, -0.25) is 14.2 Å². The van der Waals surface area contributed by atoms with Gasteiger partial charge in [0.05, 0.1) is 22.5 Å². The van der Waals surface area contributed by atoms with Crippen molar-refractivity contribution in [3.8, 4) is 21.1 Å². The minimum Gasteiger partial charge on any atom is -0.324 e. The van der Waals surface area contributed by atoms with Crippen molar-refractivity contribution in [2.24, 2.45) is 0 Å². The van der Waals surface area contributed by atoms with Crippen molar-refractivity contribution in [3.63, 3.8) is 0 Å². The minimum atomic E-state index is -0.290. The van der Waals surface area contributed by atoms with E-state index in [4.69, 9.17) is 0 Å². The second-order valence-corrected chi connectivity index (χ2v) is 7.92. The van der Waals surface area contributed by atoms with E-state index in [1.54, 1.807) is 11.3 Å². The number of aryl methyl sites for hydroxylation is 1. The number of anilines is 1. The first-order valence-corrected chi connectivity index (χ1v) is 10.3. The molecule has 0 atom stereocenters. The number of thiazole rings is 1. The molecule has 1 amide bonds. The van der Waals surface area contributed by atoms with Crippen LogP contribution in [-0.2, 0) is 11.3 Å². The zero-order valence-corrected chi connectivity index (χ0v) is 16.6. The summed E-state index contributed by atoms with van der Waals surface area (Å²) in [6.07, 6.45) is 2.87. The first-order chi connectivity index (χ1) is 13.6. The number of thiophene rings is 1. The van der Waals surface area contributed by atoms with E-state index in [0.29, 0.717) is 10.6 Å². The molecule has 0 aliphatic heterocycles. The van der Waals surface area contributed by atoms with E-state index in [0.717, 1.165) is 21.8 Å². The summed E-state index contributed by atoms with van der Waals surface area (Å²) in [5.74, 6) is -0.284. The van der Waals surface area contributed by atoms with E-state index in [-0.39, 0.29) is 18.0 Å². The average Bonchev–Trinajstić information content (AvgIpc) is 3.37. The summed E-state index contributed by atoms with van der Waals surface area (Å²) < 4.78 is 1.30. The highest BCUT2D eigenvalue weighted by atomic mass is 32.1. The lowest BCUT2D eigenvalue weighted by Crippen LogP contribution is -2.28. The topological polar surface area (TPSA) is 76.9 Å². The van der Waals surface area contributed by atoms with Gasteiger partial charge in [0, 0.05) is 17.3 Å². The number of benzene rings is 1. The zero-order chi connectivity index (χ0) is 19.5. The number of hydrogen-bond acceptors (Lipinski definition) is 6. The smallest absolute Gasteiger partial charge is 0.264 e. The van der Waals surface area contributed by atoms with E-state index in [1.807, 2.05) is 54.1 Å². The summed E-state index contributed by atoms with van der Waals surface area (Å²) >= 11 is 2.98. The Morgan fingerprint density at radius 3 is 2.82 bits per heavy atom. The maximum absolute atomic E-state index is 12.8. The van der Waals surface area contributed by atoms with Gasteiger partial charge in [-0.25, -0.2) is 9.97 Å². The number of carbonyl (C=O) groups excluding carboxylic acids is 1. The highest BCUT2D eigenvalue weighted by Crippen LogP contribution is 2.29. The van der Waals surface area contributed by atoms with E-state index in [1.165, 1.54) is 28.4 Å². The van der Waals surface area contributed by atoms with Gasteiger partial charge in [-0.1, -0.05) is 24.3 Å². The molecule has 4 aromatic rings. The quantitative estimate of drug-likeness (QED) is 0.541. The number of para-hydroxylation sites is 1. The van der Waals surface area contributed by atoms with Crippen molar-refractivity contribution in [1.29, 1.82) is 0 Å². The molecule has 3 heterocycles. The Kier molecular flexibility index (Phi) is 5.14. The van der Waals surface area contributed by atoms with Gasteiger partial charge in [0.15, 0.2) is 0 Å². The summed E-state index contributed by atoms with van der Waals surface area (Å²) in [6.45, 7) is 1.80. The third-order valence-corrected chi connectivity index (χ3v) is 5.91. The largest absolute Gasteiger partial charge is 0.324 e. The fourth-order valence-corrected chi connectivity index (χ4v) is 4.28. The molecule has 0 aliphatic rings. The molecule has 0 bridgehead atoms. The highest BCUT2D eigenvalue weighted by Gasteiger charge is 2.14. The molecule has 0 fully saturated rings. The predicted octanol–water partition coefficient (Wildman–Crippen LogP) is 4.04. The molecule has 0 spiro atoms. The molecule has 6 nitrogen and oxygen atoms in total. The number of hydrogen-bond donors (Lipinski definition) is 1. The van der Waals surface area contributed by atoms with Gasteiger partial charge in [-0.15, -0.1) is 22.7 Å². The predicted molar refractivity (Wildman–Crippen MR) is 113 cm³/mol. The van der Waals surface area contributed by atoms with E-state index >= 15 is 0 Å². The van der Waals surface area contributed by atoms with Crippen LogP contribution in [0.1, 0.15) is 5.56 Å². The van der Waals surface area contributed by atoms with Crippen LogP contribution in [0.4, 0.5) is 5.69 Å². The number of nitrogens with one attached hydrogen (secondary N) is 1. The highest BCUT2D eigenvalue weighted by molar-refractivity contribution is 7.15. The summed E-state index contributed by atoms with van der Waals surface area (Å²) in [5.41, 5.74) is 2.62. The maximum Gasteiger partial charge on any atom is 0.264 e. The number of rotatable bonds is 5. The lowest BCUT2D eigenvalue weighted by Gasteiger charge is -2.09. The van der Waals surface area contributed by atoms with Crippen molar-refractivity contribution >= 4 is 34.3 Å². The molecule has 1 aromatic carbocycles. The Balaban J connectivity index is 1.56. The number of carbonyl (C=O) groups is 1. The average molecular weight is 409 g/mol. The molecule has 0 aliphatic carbocycles. The minimum absolute atomic E-state index is 0.114. The Bertz CT molecular complexity index is 1180. The third kappa shape index (κ3) is 3.78. The summed E-state index contributed by atoms with van der Waals surface area (Å²) in [4.78, 5) is 34.9. The van der Waals surface area contributed by atoms with Crippen LogP contribution < -0.4 is 10.9 Å². The Labute approximate surface area is 169 Å². The summed E-state index contributed by atoms with van der Waals surface area (Å²) in [7, 11) is 0. The van der Waals surface area contributed by atoms with Crippen LogP contribution in [0.5, 0.6) is 0 Å². The second-order valence-electron chi connectivity index (χ2n) is 6.12. The Hall–Kier alpha value is -3.10. The molecule has 28 heavy (non-hydrogen) atoms. The van der Waals surface area contributed by atoms with Gasteiger partial charge in [0.25, 0.3) is 5.56 Å². The molecule has 4 rings (SSSR count). The molecule has 1 N–H and O–H groups in total. The van der Waals surface area contributed by atoms with Crippen LogP contribution in [0, 0.1) is 6.92 Å². The van der Waals surface area contributed by atoms with Crippen molar-refractivity contribution in [1.82, 2.24) is 14.5 Å². The van der Waals surface area contributed by atoms with Gasteiger partial charge < -0.3 is 5.32 Å². The number of amides is 1. The van der Waals surface area contributed by atoms with Gasteiger partial charge in [-0.2, -0.15) is 0 Å². The fourth-order valence-electron chi connectivity index (χ4n) is 2.70. The Morgan fingerprint density at radius 2 is 2.04 bits per heavy atom. The van der Waals surface area contributed by atoms with Gasteiger partial charge in [0.1, 0.15) is 11.6 Å². The summed E-state index contributed by atoms with van der Waals surface area (Å²) in [6, 6.07) is 11.4. The number of aromatic nitrogens is 3. The van der Waals surface area contributed by atoms with Crippen molar-refractivity contribution in [2.75, 3.05) is 5.32 Å². The molecular formula is C20H16N4O2S2. The number of nitrogens with zero attached hydrogens (tertiary/aromatic N) is 3. The third-order valence-electron chi connectivity index (χ3n) is 4.14. The second kappa shape index (κ2) is 7.87. The molecule has 3 aromatic heterocycles. The lowest BCUT2D eigenvalue weighted by molar-refractivity contribution is -0.116. The maximum atomic E-state index is 12.8. The molecule has 0 unspecified atom stereocenters. The van der Waals surface area contributed by atoms with Gasteiger partial charge >= 0.3 is 0 Å². The molecule has 140 valence electrons. The first kappa shape index (κ1) is 18.3. The first-order valence-electron chi connectivity index (χ1n) is 8.51. The monoisotopic (exact) mass is 408 g/mol. The molecule has 0 saturated carbocycles. The van der Waals surface area contributed by atoms with E-state index in [9.17, 15) is 9.59 Å². The normalized spacial score (nSPS) is 10.8. The zero-order valence-electron chi connectivity index (χ0n) is 15.0. The molecular weight excluding hydrogens is 392 g/mol. The van der Waals surface area contributed by atoms with Gasteiger partial charge in [-0.05, 0) is 30.0 Å². The van der Waals surface area contributed by atoms with Crippen LogP contribution in [0.25, 0.3) is 21.1 Å². The van der Waals surface area contributed by atoms with E-state index in [2.05, 4.69) is 15.3 Å². The van der Waals surface area contributed by atoms with Crippen molar-refractivity contribution in [2.45, 2.75) is 13.5 Å². The van der Waals surface area contributed by atoms with Crippen LogP contribution in [-0.4, -0.2) is 20.4 Å². The van der Waals surface area contributed by atoms with Crippen LogP contribution in [0.3, 0.4) is 0 Å². The lowest BCUT2D eigenvalue weighted by atomic mass is 10.2. The Morgan fingerprint density at radius 1 is 1.18 bits per heavy atom. The standard InChI is InChI=1S/C20H16N4O2S2/c1-13-5-2-3-6-15(13)22-18(25)10-24-12-21-9-14(20(24)26)19-23-16(11-28-19)17-7-4-8-27-17/h2-9,11-12H,10H2,1H3,(H,22,25). The van der Waals surface area contributed by atoms with Crippen LogP contribution in [0.15, 0.2) is 64.5 Å². The molecule has 8 heteroatoms.